The normalized spacial score (nSPS) is 22.2. The van der Waals surface area contributed by atoms with E-state index in [-0.39, 0.29) is 29.9 Å². The Morgan fingerprint density at radius 2 is 2.07 bits per heavy atom. The molecule has 1 aromatic heterocycles. The van der Waals surface area contributed by atoms with Gasteiger partial charge in [0, 0.05) is 58.4 Å². The minimum absolute atomic E-state index is 0.0500. The number of aromatic nitrogens is 1. The van der Waals surface area contributed by atoms with E-state index < -0.39 is 9.84 Å². The molecule has 154 valence electrons. The first-order valence-corrected chi connectivity index (χ1v) is 11.4. The van der Waals surface area contributed by atoms with Crippen LogP contribution in [0.3, 0.4) is 0 Å². The van der Waals surface area contributed by atoms with Gasteiger partial charge in [0.25, 0.3) is 0 Å². The van der Waals surface area contributed by atoms with E-state index in [1.54, 1.807) is 13.2 Å². The van der Waals surface area contributed by atoms with Crippen LogP contribution in [0.5, 0.6) is 0 Å². The SMILES string of the molecule is CN=C(NCCC(=O)NC1CCS(=O)(=O)C1)N1CCN(c2ccccn2)CC1. The van der Waals surface area contributed by atoms with Crippen LogP contribution in [0.15, 0.2) is 29.4 Å². The maximum atomic E-state index is 12.0. The number of carbonyl (C=O) groups excluding carboxylic acids is 1. The van der Waals surface area contributed by atoms with Gasteiger partial charge in [-0.3, -0.25) is 9.79 Å². The van der Waals surface area contributed by atoms with Gasteiger partial charge < -0.3 is 20.4 Å². The van der Waals surface area contributed by atoms with Gasteiger partial charge in [-0.15, -0.1) is 0 Å². The highest BCUT2D eigenvalue weighted by Gasteiger charge is 2.28. The molecule has 2 fully saturated rings. The van der Waals surface area contributed by atoms with E-state index >= 15 is 0 Å². The molecule has 1 atom stereocenters. The van der Waals surface area contributed by atoms with Gasteiger partial charge in [-0.1, -0.05) is 6.07 Å². The second-order valence-corrected chi connectivity index (χ2v) is 9.28. The van der Waals surface area contributed by atoms with Gasteiger partial charge in [0.2, 0.25) is 5.91 Å². The molecule has 9 nitrogen and oxygen atoms in total. The zero-order chi connectivity index (χ0) is 20.0. The first kappa shape index (κ1) is 20.4. The Morgan fingerprint density at radius 3 is 2.68 bits per heavy atom. The summed E-state index contributed by atoms with van der Waals surface area (Å²) in [5.74, 6) is 1.83. The quantitative estimate of drug-likeness (QED) is 0.498. The van der Waals surface area contributed by atoms with Crippen LogP contribution in [-0.2, 0) is 14.6 Å². The van der Waals surface area contributed by atoms with Crippen molar-refractivity contribution in [3.8, 4) is 0 Å². The van der Waals surface area contributed by atoms with Crippen LogP contribution in [0, 0.1) is 0 Å². The molecule has 1 aromatic rings. The van der Waals surface area contributed by atoms with Crippen molar-refractivity contribution < 1.29 is 13.2 Å². The highest BCUT2D eigenvalue weighted by Crippen LogP contribution is 2.13. The average molecular weight is 409 g/mol. The van der Waals surface area contributed by atoms with Crippen LogP contribution in [0.4, 0.5) is 5.82 Å². The van der Waals surface area contributed by atoms with Gasteiger partial charge in [-0.25, -0.2) is 13.4 Å². The molecule has 2 N–H and O–H groups in total. The molecular formula is C18H28N6O3S. The van der Waals surface area contributed by atoms with Crippen molar-refractivity contribution >= 4 is 27.5 Å². The lowest BCUT2D eigenvalue weighted by atomic mass is 10.2. The van der Waals surface area contributed by atoms with Gasteiger partial charge in [0.15, 0.2) is 15.8 Å². The number of piperazine rings is 1. The number of nitrogens with one attached hydrogen (secondary N) is 2. The van der Waals surface area contributed by atoms with E-state index in [1.165, 1.54) is 0 Å². The third-order valence-electron chi connectivity index (χ3n) is 5.00. The Morgan fingerprint density at radius 1 is 1.29 bits per heavy atom. The first-order valence-electron chi connectivity index (χ1n) is 9.58. The third kappa shape index (κ3) is 5.57. The number of carbonyl (C=O) groups is 1. The molecule has 0 spiro atoms. The number of rotatable bonds is 5. The Kier molecular flexibility index (Phi) is 6.71. The number of hydrogen-bond donors (Lipinski definition) is 2. The summed E-state index contributed by atoms with van der Waals surface area (Å²) in [5.41, 5.74) is 0. The van der Waals surface area contributed by atoms with E-state index in [4.69, 9.17) is 0 Å². The lowest BCUT2D eigenvalue weighted by Gasteiger charge is -2.37. The summed E-state index contributed by atoms with van der Waals surface area (Å²) in [4.78, 5) is 25.2. The smallest absolute Gasteiger partial charge is 0.222 e. The average Bonchev–Trinajstić information content (AvgIpc) is 3.04. The molecule has 28 heavy (non-hydrogen) atoms. The number of nitrogens with zero attached hydrogens (tertiary/aromatic N) is 4. The van der Waals surface area contributed by atoms with Gasteiger partial charge in [0.1, 0.15) is 5.82 Å². The van der Waals surface area contributed by atoms with E-state index in [2.05, 4.69) is 30.4 Å². The van der Waals surface area contributed by atoms with Gasteiger partial charge in [-0.05, 0) is 18.6 Å². The number of hydrogen-bond acceptors (Lipinski definition) is 6. The first-order chi connectivity index (χ1) is 13.5. The largest absolute Gasteiger partial charge is 0.356 e. The zero-order valence-corrected chi connectivity index (χ0v) is 17.0. The predicted molar refractivity (Wildman–Crippen MR) is 109 cm³/mol. The van der Waals surface area contributed by atoms with Crippen LogP contribution in [-0.4, -0.2) is 87.5 Å². The molecule has 0 aromatic carbocycles. The monoisotopic (exact) mass is 408 g/mol. The summed E-state index contributed by atoms with van der Waals surface area (Å²) in [7, 11) is -1.25. The molecule has 3 rings (SSSR count). The van der Waals surface area contributed by atoms with Crippen LogP contribution in [0.2, 0.25) is 0 Å². The van der Waals surface area contributed by atoms with Gasteiger partial charge in [0.05, 0.1) is 11.5 Å². The summed E-state index contributed by atoms with van der Waals surface area (Å²) >= 11 is 0. The Labute approximate surface area is 166 Å². The summed E-state index contributed by atoms with van der Waals surface area (Å²) in [5, 5.41) is 6.03. The van der Waals surface area contributed by atoms with Crippen molar-refractivity contribution in [1.82, 2.24) is 20.5 Å². The molecule has 1 amide bonds. The molecule has 10 heteroatoms. The minimum atomic E-state index is -2.98. The third-order valence-corrected chi connectivity index (χ3v) is 6.76. The number of pyridine rings is 1. The highest BCUT2D eigenvalue weighted by molar-refractivity contribution is 7.91. The number of anilines is 1. The van der Waals surface area contributed by atoms with E-state index in [0.717, 1.165) is 38.0 Å². The van der Waals surface area contributed by atoms with E-state index in [1.807, 2.05) is 18.2 Å². The summed E-state index contributed by atoms with van der Waals surface area (Å²) in [6, 6.07) is 5.65. The van der Waals surface area contributed by atoms with E-state index in [0.29, 0.717) is 13.0 Å². The van der Waals surface area contributed by atoms with Crippen LogP contribution < -0.4 is 15.5 Å². The molecule has 0 radical (unpaired) electrons. The second-order valence-electron chi connectivity index (χ2n) is 7.05. The van der Waals surface area contributed by atoms with E-state index in [9.17, 15) is 13.2 Å². The fraction of sp³-hybridized carbons (Fsp3) is 0.611. The Bertz CT molecular complexity index is 791. The van der Waals surface area contributed by atoms with Crippen LogP contribution in [0.1, 0.15) is 12.8 Å². The van der Waals surface area contributed by atoms with Crippen molar-refractivity contribution in [3.05, 3.63) is 24.4 Å². The molecule has 1 unspecified atom stereocenters. The topological polar surface area (TPSA) is 107 Å². The minimum Gasteiger partial charge on any atom is -0.356 e. The maximum absolute atomic E-state index is 12.0. The summed E-state index contributed by atoms with van der Waals surface area (Å²) in [6.07, 6.45) is 2.58. The van der Waals surface area contributed by atoms with Crippen LogP contribution in [0.25, 0.3) is 0 Å². The predicted octanol–water partition coefficient (Wildman–Crippen LogP) is -0.528. The van der Waals surface area contributed by atoms with Crippen LogP contribution >= 0.6 is 0 Å². The molecule has 2 saturated heterocycles. The van der Waals surface area contributed by atoms with Gasteiger partial charge >= 0.3 is 0 Å². The molecule has 0 aliphatic carbocycles. The number of guanidine groups is 1. The number of aliphatic imine (C=N–C) groups is 1. The van der Waals surface area contributed by atoms with Crippen molar-refractivity contribution in [2.45, 2.75) is 18.9 Å². The molecular weight excluding hydrogens is 380 g/mol. The Hall–Kier alpha value is -2.36. The van der Waals surface area contributed by atoms with Crippen molar-refractivity contribution in [3.63, 3.8) is 0 Å². The van der Waals surface area contributed by atoms with Gasteiger partial charge in [-0.2, -0.15) is 0 Å². The Balaban J connectivity index is 1.39. The number of sulfone groups is 1. The highest BCUT2D eigenvalue weighted by atomic mass is 32.2. The lowest BCUT2D eigenvalue weighted by Crippen LogP contribution is -2.53. The summed E-state index contributed by atoms with van der Waals surface area (Å²) in [6.45, 7) is 3.81. The van der Waals surface area contributed by atoms with Crippen molar-refractivity contribution in [2.24, 2.45) is 4.99 Å². The number of amides is 1. The van der Waals surface area contributed by atoms with Crippen molar-refractivity contribution in [2.75, 3.05) is 56.2 Å². The van der Waals surface area contributed by atoms with Crippen molar-refractivity contribution in [1.29, 1.82) is 0 Å². The molecule has 2 aliphatic heterocycles. The lowest BCUT2D eigenvalue weighted by molar-refractivity contribution is -0.121. The fourth-order valence-electron chi connectivity index (χ4n) is 3.52. The molecule has 3 heterocycles. The zero-order valence-electron chi connectivity index (χ0n) is 16.2. The molecule has 2 aliphatic rings. The molecule has 0 bridgehead atoms. The molecule has 0 saturated carbocycles. The fourth-order valence-corrected chi connectivity index (χ4v) is 5.19. The summed E-state index contributed by atoms with van der Waals surface area (Å²) < 4.78 is 22.9. The second kappa shape index (κ2) is 9.22. The standard InChI is InChI=1S/C18H28N6O3S/c1-19-18(21-8-5-17(25)22-15-6-13-28(26,27)14-15)24-11-9-23(10-12-24)16-4-2-3-7-20-16/h2-4,7,15H,5-6,8-14H2,1H3,(H,19,21)(H,22,25). The maximum Gasteiger partial charge on any atom is 0.222 e.